The Morgan fingerprint density at radius 3 is 2.32 bits per heavy atom. The van der Waals surface area contributed by atoms with E-state index in [0.29, 0.717) is 5.69 Å². The van der Waals surface area contributed by atoms with Crippen LogP contribution in [0.3, 0.4) is 0 Å². The number of halogens is 3. The Hall–Kier alpha value is -2.54. The maximum atomic E-state index is 13.7. The van der Waals surface area contributed by atoms with E-state index in [1.165, 1.54) is 30.3 Å². The van der Waals surface area contributed by atoms with Gasteiger partial charge in [-0.05, 0) is 31.2 Å². The minimum atomic E-state index is -0.622. The van der Waals surface area contributed by atoms with E-state index < -0.39 is 17.5 Å². The third-order valence-electron chi connectivity index (χ3n) is 3.27. The summed E-state index contributed by atoms with van der Waals surface area (Å²) in [5.41, 5.74) is 0.548. The summed E-state index contributed by atoms with van der Waals surface area (Å²) in [6, 6.07) is 11.2. The maximum Gasteiger partial charge on any atom is 0.223 e. The first-order valence-corrected chi connectivity index (χ1v) is 8.35. The average molecular weight is 362 g/mol. The Kier molecular flexibility index (Phi) is 5.23. The third kappa shape index (κ3) is 4.30. The molecular weight excluding hydrogens is 349 g/mol. The molecule has 0 radical (unpaired) electrons. The molecule has 128 valence electrons. The fourth-order valence-electron chi connectivity index (χ4n) is 2.08. The lowest BCUT2D eigenvalue weighted by Gasteiger charge is -2.08. The van der Waals surface area contributed by atoms with Crippen molar-refractivity contribution in [2.24, 2.45) is 0 Å². The summed E-state index contributed by atoms with van der Waals surface area (Å²) in [7, 11) is 0. The summed E-state index contributed by atoms with van der Waals surface area (Å²) in [6.07, 6.45) is 0. The molecule has 7 heteroatoms. The van der Waals surface area contributed by atoms with Gasteiger partial charge < -0.3 is 4.74 Å². The second-order valence-corrected chi connectivity index (χ2v) is 6.09. The molecule has 0 fully saturated rings. The van der Waals surface area contributed by atoms with Crippen molar-refractivity contribution in [2.45, 2.75) is 17.8 Å². The molecule has 0 aliphatic rings. The SMILES string of the molecule is Cc1cc(Oc2ccccc2F)nc(SCc2c(F)cccc2F)n1. The van der Waals surface area contributed by atoms with Gasteiger partial charge in [-0.3, -0.25) is 0 Å². The van der Waals surface area contributed by atoms with Crippen LogP contribution in [0.2, 0.25) is 0 Å². The topological polar surface area (TPSA) is 35.0 Å². The van der Waals surface area contributed by atoms with Crippen molar-refractivity contribution >= 4 is 11.8 Å². The molecule has 0 aliphatic heterocycles. The Balaban J connectivity index is 1.79. The van der Waals surface area contributed by atoms with E-state index in [-0.39, 0.29) is 28.1 Å². The van der Waals surface area contributed by atoms with Crippen LogP contribution >= 0.6 is 11.8 Å². The van der Waals surface area contributed by atoms with Crippen molar-refractivity contribution in [1.82, 2.24) is 9.97 Å². The van der Waals surface area contributed by atoms with Gasteiger partial charge in [0.2, 0.25) is 5.88 Å². The number of hydrogen-bond acceptors (Lipinski definition) is 4. The van der Waals surface area contributed by atoms with Crippen LogP contribution in [0.4, 0.5) is 13.2 Å². The summed E-state index contributed by atoms with van der Waals surface area (Å²) in [5.74, 6) is -1.53. The van der Waals surface area contributed by atoms with Crippen LogP contribution in [-0.2, 0) is 5.75 Å². The van der Waals surface area contributed by atoms with Crippen molar-refractivity contribution in [1.29, 1.82) is 0 Å². The van der Waals surface area contributed by atoms with Crippen LogP contribution in [-0.4, -0.2) is 9.97 Å². The second kappa shape index (κ2) is 7.57. The predicted octanol–water partition coefficient (Wildman–Crippen LogP) is 5.29. The van der Waals surface area contributed by atoms with Crippen molar-refractivity contribution in [2.75, 3.05) is 0 Å². The third-order valence-corrected chi connectivity index (χ3v) is 4.14. The van der Waals surface area contributed by atoms with Gasteiger partial charge in [0, 0.05) is 23.1 Å². The van der Waals surface area contributed by atoms with Gasteiger partial charge >= 0.3 is 0 Å². The van der Waals surface area contributed by atoms with E-state index in [1.807, 2.05) is 0 Å². The van der Waals surface area contributed by atoms with E-state index >= 15 is 0 Å². The highest BCUT2D eigenvalue weighted by atomic mass is 32.2. The Morgan fingerprint density at radius 2 is 1.60 bits per heavy atom. The van der Waals surface area contributed by atoms with Crippen LogP contribution in [0, 0.1) is 24.4 Å². The van der Waals surface area contributed by atoms with E-state index in [2.05, 4.69) is 9.97 Å². The fourth-order valence-corrected chi connectivity index (χ4v) is 2.99. The van der Waals surface area contributed by atoms with Gasteiger partial charge in [-0.2, -0.15) is 4.98 Å². The number of nitrogens with zero attached hydrogens (tertiary/aromatic N) is 2. The second-order valence-electron chi connectivity index (χ2n) is 5.15. The van der Waals surface area contributed by atoms with Gasteiger partial charge in [0.15, 0.2) is 16.7 Å². The summed E-state index contributed by atoms with van der Waals surface area (Å²) in [6.45, 7) is 1.73. The molecule has 0 saturated heterocycles. The van der Waals surface area contributed by atoms with Crippen LogP contribution < -0.4 is 4.74 Å². The maximum absolute atomic E-state index is 13.7. The van der Waals surface area contributed by atoms with Crippen LogP contribution in [0.5, 0.6) is 11.6 Å². The monoisotopic (exact) mass is 362 g/mol. The molecule has 25 heavy (non-hydrogen) atoms. The zero-order valence-electron chi connectivity index (χ0n) is 13.2. The highest BCUT2D eigenvalue weighted by Crippen LogP contribution is 2.27. The molecule has 3 rings (SSSR count). The first-order valence-electron chi connectivity index (χ1n) is 7.36. The molecule has 0 amide bonds. The number of ether oxygens (including phenoxy) is 1. The molecule has 0 bridgehead atoms. The highest BCUT2D eigenvalue weighted by molar-refractivity contribution is 7.98. The summed E-state index contributed by atoms with van der Waals surface area (Å²) >= 11 is 1.07. The normalized spacial score (nSPS) is 10.7. The predicted molar refractivity (Wildman–Crippen MR) is 89.2 cm³/mol. The molecular formula is C18H13F3N2OS. The number of aromatic nitrogens is 2. The molecule has 3 nitrogen and oxygen atoms in total. The molecule has 0 aliphatic carbocycles. The number of benzene rings is 2. The van der Waals surface area contributed by atoms with Gasteiger partial charge in [0.25, 0.3) is 0 Å². The molecule has 1 aromatic heterocycles. The van der Waals surface area contributed by atoms with E-state index in [4.69, 9.17) is 4.74 Å². The van der Waals surface area contributed by atoms with Crippen molar-refractivity contribution < 1.29 is 17.9 Å². The standard InChI is InChI=1S/C18H13F3N2OS/c1-11-9-17(24-16-8-3-2-5-15(16)21)23-18(22-11)25-10-12-13(19)6-4-7-14(12)20/h2-9H,10H2,1H3. The average Bonchev–Trinajstić information content (AvgIpc) is 2.56. The van der Waals surface area contributed by atoms with E-state index in [1.54, 1.807) is 25.1 Å². The van der Waals surface area contributed by atoms with Crippen LogP contribution in [0.15, 0.2) is 53.7 Å². The van der Waals surface area contributed by atoms with Gasteiger partial charge in [-0.1, -0.05) is 30.0 Å². The number of para-hydroxylation sites is 1. The Bertz CT molecular complexity index is 885. The van der Waals surface area contributed by atoms with Gasteiger partial charge in [-0.25, -0.2) is 18.2 Å². The summed E-state index contributed by atoms with van der Waals surface area (Å²) < 4.78 is 46.5. The lowest BCUT2D eigenvalue weighted by atomic mass is 10.2. The highest BCUT2D eigenvalue weighted by Gasteiger charge is 2.12. The molecule has 1 heterocycles. The van der Waals surface area contributed by atoms with Crippen molar-refractivity contribution in [3.63, 3.8) is 0 Å². The number of rotatable bonds is 5. The summed E-state index contributed by atoms with van der Waals surface area (Å²) in [5, 5.41) is 0.286. The number of aryl methyl sites for hydroxylation is 1. The van der Waals surface area contributed by atoms with Crippen LogP contribution in [0.1, 0.15) is 11.3 Å². The minimum Gasteiger partial charge on any atom is -0.436 e. The Morgan fingerprint density at radius 1 is 0.920 bits per heavy atom. The lowest BCUT2D eigenvalue weighted by Crippen LogP contribution is -1.98. The van der Waals surface area contributed by atoms with Crippen molar-refractivity contribution in [3.8, 4) is 11.6 Å². The molecule has 0 spiro atoms. The molecule has 0 unspecified atom stereocenters. The van der Waals surface area contributed by atoms with Gasteiger partial charge in [-0.15, -0.1) is 0 Å². The largest absolute Gasteiger partial charge is 0.436 e. The summed E-state index contributed by atoms with van der Waals surface area (Å²) in [4.78, 5) is 8.37. The first-order chi connectivity index (χ1) is 12.0. The van der Waals surface area contributed by atoms with Crippen LogP contribution in [0.25, 0.3) is 0 Å². The molecule has 0 N–H and O–H groups in total. The zero-order chi connectivity index (χ0) is 17.8. The minimum absolute atomic E-state index is 0.0289. The molecule has 2 aromatic carbocycles. The molecule has 3 aromatic rings. The first kappa shape index (κ1) is 17.3. The Labute approximate surface area is 146 Å². The lowest BCUT2D eigenvalue weighted by molar-refractivity contribution is 0.421. The quantitative estimate of drug-likeness (QED) is 0.456. The fraction of sp³-hybridized carbons (Fsp3) is 0.111. The zero-order valence-corrected chi connectivity index (χ0v) is 14.0. The number of thioether (sulfide) groups is 1. The molecule has 0 atom stereocenters. The number of hydrogen-bond donors (Lipinski definition) is 0. The smallest absolute Gasteiger partial charge is 0.223 e. The van der Waals surface area contributed by atoms with Gasteiger partial charge in [0.05, 0.1) is 0 Å². The van der Waals surface area contributed by atoms with E-state index in [0.717, 1.165) is 11.8 Å². The van der Waals surface area contributed by atoms with Crippen molar-refractivity contribution in [3.05, 3.63) is 77.2 Å². The molecule has 0 saturated carbocycles. The van der Waals surface area contributed by atoms with E-state index in [9.17, 15) is 13.2 Å². The van der Waals surface area contributed by atoms with Gasteiger partial charge in [0.1, 0.15) is 11.6 Å².